The van der Waals surface area contributed by atoms with Gasteiger partial charge in [-0.15, -0.1) is 11.3 Å². The lowest BCUT2D eigenvalue weighted by atomic mass is 10.0. The number of pyridine rings is 1. The number of carbonyl (C=O) groups excluding carboxylic acids is 1. The van der Waals surface area contributed by atoms with Crippen LogP contribution in [0.25, 0.3) is 22.0 Å². The summed E-state index contributed by atoms with van der Waals surface area (Å²) in [4.78, 5) is 25.5. The first-order valence-electron chi connectivity index (χ1n) is 10.9. The van der Waals surface area contributed by atoms with E-state index < -0.39 is 0 Å². The van der Waals surface area contributed by atoms with E-state index in [9.17, 15) is 14.9 Å². The summed E-state index contributed by atoms with van der Waals surface area (Å²) >= 11 is 1.31. The van der Waals surface area contributed by atoms with Crippen molar-refractivity contribution in [3.63, 3.8) is 0 Å². The third-order valence-corrected chi connectivity index (χ3v) is 6.76. The summed E-state index contributed by atoms with van der Waals surface area (Å²) in [5.41, 5.74) is 5.86. The number of anilines is 1. The Morgan fingerprint density at radius 2 is 1.85 bits per heavy atom. The molecule has 1 N–H and O–H groups in total. The number of hydrogen-bond donors (Lipinski definition) is 1. The smallest absolute Gasteiger partial charge is 0.251 e. The van der Waals surface area contributed by atoms with Gasteiger partial charge in [-0.1, -0.05) is 23.8 Å². The molecule has 0 atom stereocenters. The molecule has 0 radical (unpaired) electrons. The first-order valence-corrected chi connectivity index (χ1v) is 11.8. The minimum absolute atomic E-state index is 0.117. The second-order valence-electron chi connectivity index (χ2n) is 8.29. The van der Waals surface area contributed by atoms with Crippen LogP contribution in [0.3, 0.4) is 0 Å². The minimum atomic E-state index is -0.245. The zero-order chi connectivity index (χ0) is 24.4. The molecule has 7 heteroatoms. The van der Waals surface area contributed by atoms with Crippen LogP contribution in [0.2, 0.25) is 0 Å². The van der Waals surface area contributed by atoms with Crippen LogP contribution >= 0.6 is 11.3 Å². The van der Waals surface area contributed by atoms with E-state index in [4.69, 9.17) is 4.74 Å². The Morgan fingerprint density at radius 3 is 2.53 bits per heavy atom. The van der Waals surface area contributed by atoms with E-state index in [1.807, 2.05) is 56.5 Å². The normalized spacial score (nSPS) is 10.8. The molecule has 1 amide bonds. The lowest BCUT2D eigenvalue weighted by Crippen LogP contribution is -2.24. The number of amides is 1. The van der Waals surface area contributed by atoms with Crippen molar-refractivity contribution >= 4 is 33.1 Å². The van der Waals surface area contributed by atoms with Gasteiger partial charge in [-0.3, -0.25) is 9.59 Å². The first kappa shape index (κ1) is 23.3. The molecular weight excluding hydrogens is 446 g/mol. The van der Waals surface area contributed by atoms with Gasteiger partial charge in [-0.05, 0) is 55.7 Å². The van der Waals surface area contributed by atoms with Gasteiger partial charge in [0.15, 0.2) is 0 Å². The molecule has 0 aliphatic carbocycles. The van der Waals surface area contributed by atoms with Crippen LogP contribution < -0.4 is 15.6 Å². The molecular formula is C27H25N3O3S. The first-order chi connectivity index (χ1) is 16.3. The fourth-order valence-electron chi connectivity index (χ4n) is 4.24. The van der Waals surface area contributed by atoms with E-state index in [-0.39, 0.29) is 24.4 Å². The lowest BCUT2D eigenvalue weighted by Gasteiger charge is -2.15. The Kier molecular flexibility index (Phi) is 6.53. The van der Waals surface area contributed by atoms with Gasteiger partial charge < -0.3 is 14.6 Å². The molecule has 2 aromatic carbocycles. The highest BCUT2D eigenvalue weighted by atomic mass is 32.1. The highest BCUT2D eigenvalue weighted by molar-refractivity contribution is 7.15. The molecule has 0 spiro atoms. The SMILES string of the molecule is COc1ccc(-c2csc(NC(=O)CCn3c(=O)cc(C)c4cc(C)cc(C)c43)c2C#N)cc1. The van der Waals surface area contributed by atoms with Gasteiger partial charge in [0, 0.05) is 35.4 Å². The fourth-order valence-corrected chi connectivity index (χ4v) is 5.17. The standard InChI is InChI=1S/C27H25N3O3S/c1-16-11-18(3)26-21(12-16)17(2)13-25(32)30(26)10-9-24(31)29-27-22(14-28)23(15-34-27)19-5-7-20(33-4)8-6-19/h5-8,11-13,15H,9-10H2,1-4H3,(H,29,31). The second-order valence-corrected chi connectivity index (χ2v) is 9.17. The maximum absolute atomic E-state index is 12.8. The maximum Gasteiger partial charge on any atom is 0.251 e. The van der Waals surface area contributed by atoms with Crippen LogP contribution in [0.15, 0.2) is 52.6 Å². The van der Waals surface area contributed by atoms with Crippen LogP contribution in [0.5, 0.6) is 5.75 Å². The second kappa shape index (κ2) is 9.54. The van der Waals surface area contributed by atoms with Crippen molar-refractivity contribution in [2.45, 2.75) is 33.7 Å². The van der Waals surface area contributed by atoms with Crippen molar-refractivity contribution in [2.24, 2.45) is 0 Å². The number of fused-ring (bicyclic) bond motifs is 1. The zero-order valence-electron chi connectivity index (χ0n) is 19.6. The molecule has 34 heavy (non-hydrogen) atoms. The Labute approximate surface area is 202 Å². The molecule has 4 aromatic rings. The van der Waals surface area contributed by atoms with Crippen LogP contribution in [-0.2, 0) is 11.3 Å². The third kappa shape index (κ3) is 4.45. The number of carbonyl (C=O) groups is 1. The van der Waals surface area contributed by atoms with Crippen molar-refractivity contribution in [1.82, 2.24) is 4.57 Å². The molecule has 2 heterocycles. The van der Waals surface area contributed by atoms with Gasteiger partial charge in [0.1, 0.15) is 16.8 Å². The minimum Gasteiger partial charge on any atom is -0.497 e. The average Bonchev–Trinajstić information content (AvgIpc) is 3.21. The van der Waals surface area contributed by atoms with Gasteiger partial charge in [0.25, 0.3) is 5.56 Å². The van der Waals surface area contributed by atoms with Crippen LogP contribution in [-0.4, -0.2) is 17.6 Å². The summed E-state index contributed by atoms with van der Waals surface area (Å²) in [7, 11) is 1.60. The van der Waals surface area contributed by atoms with E-state index in [0.717, 1.165) is 44.5 Å². The van der Waals surface area contributed by atoms with E-state index in [1.54, 1.807) is 17.7 Å². The topological polar surface area (TPSA) is 84.1 Å². The van der Waals surface area contributed by atoms with Crippen molar-refractivity contribution < 1.29 is 9.53 Å². The Hall–Kier alpha value is -3.89. The number of methoxy groups -OCH3 is 1. The Bertz CT molecular complexity index is 1490. The molecule has 4 rings (SSSR count). The summed E-state index contributed by atoms with van der Waals surface area (Å²) in [6, 6.07) is 15.4. The van der Waals surface area contributed by atoms with Crippen LogP contribution in [0.4, 0.5) is 5.00 Å². The van der Waals surface area contributed by atoms with Gasteiger partial charge in [0.05, 0.1) is 18.2 Å². The molecule has 0 bridgehead atoms. The van der Waals surface area contributed by atoms with E-state index in [0.29, 0.717) is 10.6 Å². The summed E-state index contributed by atoms with van der Waals surface area (Å²) in [6.45, 7) is 6.20. The largest absolute Gasteiger partial charge is 0.497 e. The molecule has 0 fully saturated rings. The summed E-state index contributed by atoms with van der Waals surface area (Å²) in [5.74, 6) is 0.486. The summed E-state index contributed by atoms with van der Waals surface area (Å²) < 4.78 is 6.86. The van der Waals surface area contributed by atoms with Gasteiger partial charge in [-0.2, -0.15) is 5.26 Å². The number of hydrogen-bond acceptors (Lipinski definition) is 5. The number of aromatic nitrogens is 1. The zero-order valence-corrected chi connectivity index (χ0v) is 20.4. The number of thiophene rings is 1. The van der Waals surface area contributed by atoms with Crippen LogP contribution in [0, 0.1) is 32.1 Å². The Morgan fingerprint density at radius 1 is 1.12 bits per heavy atom. The van der Waals surface area contributed by atoms with Gasteiger partial charge in [0.2, 0.25) is 5.91 Å². The lowest BCUT2D eigenvalue weighted by molar-refractivity contribution is -0.116. The molecule has 0 unspecified atom stereocenters. The molecule has 0 saturated heterocycles. The number of rotatable bonds is 6. The predicted octanol–water partition coefficient (Wildman–Crippen LogP) is 5.56. The molecule has 2 aromatic heterocycles. The molecule has 0 aliphatic heterocycles. The van der Waals surface area contributed by atoms with Crippen molar-refractivity contribution in [1.29, 1.82) is 5.26 Å². The highest BCUT2D eigenvalue weighted by Crippen LogP contribution is 2.35. The van der Waals surface area contributed by atoms with E-state index in [2.05, 4.69) is 17.5 Å². The number of aryl methyl sites for hydroxylation is 4. The molecule has 172 valence electrons. The number of nitriles is 1. The maximum atomic E-state index is 12.8. The average molecular weight is 472 g/mol. The quantitative estimate of drug-likeness (QED) is 0.399. The van der Waals surface area contributed by atoms with Crippen LogP contribution in [0.1, 0.15) is 28.7 Å². The van der Waals surface area contributed by atoms with Crippen molar-refractivity contribution in [3.05, 3.63) is 80.5 Å². The fraction of sp³-hybridized carbons (Fsp3) is 0.222. The van der Waals surface area contributed by atoms with E-state index in [1.165, 1.54) is 11.3 Å². The molecule has 0 saturated carbocycles. The van der Waals surface area contributed by atoms with Gasteiger partial charge >= 0.3 is 0 Å². The van der Waals surface area contributed by atoms with E-state index >= 15 is 0 Å². The number of nitrogens with one attached hydrogen (secondary N) is 1. The predicted molar refractivity (Wildman–Crippen MR) is 137 cm³/mol. The summed E-state index contributed by atoms with van der Waals surface area (Å²) in [6.07, 6.45) is 0.117. The number of ether oxygens (including phenoxy) is 1. The number of nitrogens with zero attached hydrogens (tertiary/aromatic N) is 2. The third-order valence-electron chi connectivity index (χ3n) is 5.86. The van der Waals surface area contributed by atoms with Crippen molar-refractivity contribution in [2.75, 3.05) is 12.4 Å². The Balaban J connectivity index is 1.56. The molecule has 0 aliphatic rings. The number of benzene rings is 2. The molecule has 6 nitrogen and oxygen atoms in total. The highest BCUT2D eigenvalue weighted by Gasteiger charge is 2.16. The summed E-state index contributed by atoms with van der Waals surface area (Å²) in [5, 5.41) is 16.0. The van der Waals surface area contributed by atoms with Gasteiger partial charge in [-0.25, -0.2) is 0 Å². The van der Waals surface area contributed by atoms with Crippen molar-refractivity contribution in [3.8, 4) is 22.9 Å². The monoisotopic (exact) mass is 471 g/mol.